The zero-order valence-electron chi connectivity index (χ0n) is 15.6. The highest BCUT2D eigenvalue weighted by atomic mass is 16.5. The number of amides is 1. The largest absolute Gasteiger partial charge is 0.489 e. The molecule has 0 bridgehead atoms. The van der Waals surface area contributed by atoms with Crippen molar-refractivity contribution in [2.45, 2.75) is 19.4 Å². The molecule has 28 heavy (non-hydrogen) atoms. The number of carbonyl (C=O) groups excluding carboxylic acids is 1. The zero-order valence-corrected chi connectivity index (χ0v) is 15.6. The van der Waals surface area contributed by atoms with E-state index in [1.807, 2.05) is 71.6 Å². The highest BCUT2D eigenvalue weighted by Crippen LogP contribution is 2.23. The number of hydrogen-bond donors (Lipinski definition) is 0. The van der Waals surface area contributed by atoms with E-state index in [2.05, 4.69) is 4.98 Å². The lowest BCUT2D eigenvalue weighted by Gasteiger charge is -2.15. The van der Waals surface area contributed by atoms with Crippen LogP contribution >= 0.6 is 0 Å². The zero-order chi connectivity index (χ0) is 19.2. The van der Waals surface area contributed by atoms with Crippen LogP contribution in [0, 0.1) is 0 Å². The molecule has 5 heteroatoms. The second kappa shape index (κ2) is 8.57. The van der Waals surface area contributed by atoms with Crippen molar-refractivity contribution in [3.05, 3.63) is 84.1 Å². The van der Waals surface area contributed by atoms with Gasteiger partial charge in [0.2, 0.25) is 5.88 Å². The van der Waals surface area contributed by atoms with Crippen molar-refractivity contribution >= 4 is 5.91 Å². The summed E-state index contributed by atoms with van der Waals surface area (Å²) in [7, 11) is 0. The maximum Gasteiger partial charge on any atom is 0.253 e. The van der Waals surface area contributed by atoms with E-state index < -0.39 is 0 Å². The van der Waals surface area contributed by atoms with Crippen LogP contribution in [0.2, 0.25) is 0 Å². The molecule has 1 aliphatic rings. The van der Waals surface area contributed by atoms with Gasteiger partial charge in [-0.1, -0.05) is 18.2 Å². The van der Waals surface area contributed by atoms with E-state index in [0.29, 0.717) is 18.2 Å². The van der Waals surface area contributed by atoms with Crippen LogP contribution in [0.5, 0.6) is 17.4 Å². The van der Waals surface area contributed by atoms with Gasteiger partial charge >= 0.3 is 0 Å². The van der Waals surface area contributed by atoms with Crippen LogP contribution in [0.4, 0.5) is 0 Å². The van der Waals surface area contributed by atoms with E-state index >= 15 is 0 Å². The quantitative estimate of drug-likeness (QED) is 0.628. The Kier molecular flexibility index (Phi) is 5.52. The van der Waals surface area contributed by atoms with E-state index in [1.54, 1.807) is 6.20 Å². The fourth-order valence-corrected chi connectivity index (χ4v) is 3.15. The fourth-order valence-electron chi connectivity index (χ4n) is 3.15. The third-order valence-corrected chi connectivity index (χ3v) is 4.68. The van der Waals surface area contributed by atoms with Gasteiger partial charge < -0.3 is 14.4 Å². The predicted octanol–water partition coefficient (Wildman–Crippen LogP) is 4.69. The third kappa shape index (κ3) is 4.49. The van der Waals surface area contributed by atoms with Crippen LogP contribution in [-0.2, 0) is 6.61 Å². The Balaban J connectivity index is 1.31. The van der Waals surface area contributed by atoms with Crippen molar-refractivity contribution in [1.82, 2.24) is 9.88 Å². The number of likely N-dealkylation sites (tertiary alicyclic amines) is 1. The number of nitrogens with zero attached hydrogens (tertiary/aromatic N) is 2. The molecular weight excluding hydrogens is 352 g/mol. The minimum atomic E-state index is 0.119. The summed E-state index contributed by atoms with van der Waals surface area (Å²) in [5.74, 6) is 2.13. The Bertz CT molecular complexity index is 903. The normalized spacial score (nSPS) is 13.4. The molecule has 0 spiro atoms. The van der Waals surface area contributed by atoms with Crippen LogP contribution in [-0.4, -0.2) is 28.9 Å². The summed E-state index contributed by atoms with van der Waals surface area (Å²) in [5, 5.41) is 0. The van der Waals surface area contributed by atoms with Crippen LogP contribution in [0.1, 0.15) is 28.8 Å². The van der Waals surface area contributed by atoms with Crippen molar-refractivity contribution in [1.29, 1.82) is 0 Å². The average molecular weight is 374 g/mol. The molecule has 2 heterocycles. The van der Waals surface area contributed by atoms with Gasteiger partial charge in [-0.05, 0) is 60.9 Å². The Morgan fingerprint density at radius 2 is 1.61 bits per heavy atom. The van der Waals surface area contributed by atoms with Gasteiger partial charge in [0.1, 0.15) is 18.1 Å². The summed E-state index contributed by atoms with van der Waals surface area (Å²) in [6.45, 7) is 2.17. The molecule has 0 atom stereocenters. The number of aromatic nitrogens is 1. The summed E-state index contributed by atoms with van der Waals surface area (Å²) in [6.07, 6.45) is 3.89. The smallest absolute Gasteiger partial charge is 0.253 e. The first-order valence-electron chi connectivity index (χ1n) is 9.48. The predicted molar refractivity (Wildman–Crippen MR) is 107 cm³/mol. The van der Waals surface area contributed by atoms with Gasteiger partial charge in [-0.2, -0.15) is 0 Å². The molecule has 2 aromatic carbocycles. The first-order chi connectivity index (χ1) is 13.8. The standard InChI is InChI=1S/C23H22N2O3/c26-23(25-15-3-4-16-25)19-8-6-18(7-9-19)17-27-20-10-12-21(13-11-20)28-22-5-1-2-14-24-22/h1-2,5-14H,3-4,15-17H2. The molecule has 1 fully saturated rings. The molecule has 5 nitrogen and oxygen atoms in total. The molecule has 1 aliphatic heterocycles. The lowest BCUT2D eigenvalue weighted by molar-refractivity contribution is 0.0793. The Morgan fingerprint density at radius 1 is 0.893 bits per heavy atom. The van der Waals surface area contributed by atoms with Gasteiger partial charge in [0.25, 0.3) is 5.91 Å². The van der Waals surface area contributed by atoms with Gasteiger partial charge in [-0.15, -0.1) is 0 Å². The van der Waals surface area contributed by atoms with Gasteiger partial charge in [0.15, 0.2) is 0 Å². The Hall–Kier alpha value is -3.34. The first kappa shape index (κ1) is 18.0. The van der Waals surface area contributed by atoms with Crippen LogP contribution in [0.25, 0.3) is 0 Å². The molecule has 0 saturated carbocycles. The topological polar surface area (TPSA) is 51.7 Å². The molecule has 142 valence electrons. The van der Waals surface area contributed by atoms with Crippen molar-refractivity contribution in [2.24, 2.45) is 0 Å². The molecule has 1 aromatic heterocycles. The van der Waals surface area contributed by atoms with Crippen LogP contribution in [0.15, 0.2) is 72.9 Å². The molecule has 0 N–H and O–H groups in total. The summed E-state index contributed by atoms with van der Waals surface area (Å²) in [5.41, 5.74) is 1.76. The average Bonchev–Trinajstić information content (AvgIpc) is 3.29. The molecule has 0 aliphatic carbocycles. The number of ether oxygens (including phenoxy) is 2. The van der Waals surface area contributed by atoms with Crippen molar-refractivity contribution in [2.75, 3.05) is 13.1 Å². The minimum absolute atomic E-state index is 0.119. The van der Waals surface area contributed by atoms with E-state index in [0.717, 1.165) is 42.8 Å². The Labute approximate surface area is 164 Å². The molecule has 4 rings (SSSR count). The third-order valence-electron chi connectivity index (χ3n) is 4.68. The maximum atomic E-state index is 12.4. The summed E-state index contributed by atoms with van der Waals surface area (Å²) < 4.78 is 11.5. The lowest BCUT2D eigenvalue weighted by atomic mass is 10.1. The van der Waals surface area contributed by atoms with E-state index in [-0.39, 0.29) is 5.91 Å². The number of rotatable bonds is 6. The molecule has 1 amide bonds. The number of carbonyl (C=O) groups is 1. The summed E-state index contributed by atoms with van der Waals surface area (Å²) in [4.78, 5) is 18.4. The molecule has 0 radical (unpaired) electrons. The highest BCUT2D eigenvalue weighted by Gasteiger charge is 2.19. The second-order valence-electron chi connectivity index (χ2n) is 6.73. The molecule has 1 saturated heterocycles. The number of benzene rings is 2. The van der Waals surface area contributed by atoms with Crippen LogP contribution < -0.4 is 9.47 Å². The van der Waals surface area contributed by atoms with Gasteiger partial charge in [0, 0.05) is 30.9 Å². The molecule has 0 unspecified atom stereocenters. The SMILES string of the molecule is O=C(c1ccc(COc2ccc(Oc3ccccn3)cc2)cc1)N1CCCC1. The highest BCUT2D eigenvalue weighted by molar-refractivity contribution is 5.94. The second-order valence-corrected chi connectivity index (χ2v) is 6.73. The monoisotopic (exact) mass is 374 g/mol. The number of hydrogen-bond acceptors (Lipinski definition) is 4. The fraction of sp³-hybridized carbons (Fsp3) is 0.217. The Morgan fingerprint density at radius 3 is 2.29 bits per heavy atom. The molecule has 3 aromatic rings. The lowest BCUT2D eigenvalue weighted by Crippen LogP contribution is -2.27. The summed E-state index contributed by atoms with van der Waals surface area (Å²) >= 11 is 0. The van der Waals surface area contributed by atoms with E-state index in [9.17, 15) is 4.79 Å². The van der Waals surface area contributed by atoms with Crippen molar-refractivity contribution in [3.8, 4) is 17.4 Å². The minimum Gasteiger partial charge on any atom is -0.489 e. The maximum absolute atomic E-state index is 12.4. The summed E-state index contributed by atoms with van der Waals surface area (Å²) in [6, 6.07) is 20.6. The van der Waals surface area contributed by atoms with E-state index in [1.165, 1.54) is 0 Å². The van der Waals surface area contributed by atoms with Crippen molar-refractivity contribution < 1.29 is 14.3 Å². The van der Waals surface area contributed by atoms with Crippen molar-refractivity contribution in [3.63, 3.8) is 0 Å². The number of pyridine rings is 1. The van der Waals surface area contributed by atoms with Gasteiger partial charge in [0.05, 0.1) is 0 Å². The molecular formula is C23H22N2O3. The van der Waals surface area contributed by atoms with Gasteiger partial charge in [-0.25, -0.2) is 4.98 Å². The first-order valence-corrected chi connectivity index (χ1v) is 9.48. The van der Waals surface area contributed by atoms with Gasteiger partial charge in [-0.3, -0.25) is 4.79 Å². The van der Waals surface area contributed by atoms with Crippen LogP contribution in [0.3, 0.4) is 0 Å². The van der Waals surface area contributed by atoms with E-state index in [4.69, 9.17) is 9.47 Å².